The third-order valence-electron chi connectivity index (χ3n) is 3.28. The minimum atomic E-state index is -3.66. The number of hydrogen-bond acceptors (Lipinski definition) is 4. The zero-order valence-corrected chi connectivity index (χ0v) is 14.8. The van der Waals surface area contributed by atoms with E-state index in [0.717, 1.165) is 12.8 Å². The predicted octanol–water partition coefficient (Wildman–Crippen LogP) is 4.37. The molecule has 0 aromatic heterocycles. The molecule has 2 atom stereocenters. The van der Waals surface area contributed by atoms with Crippen LogP contribution in [0.15, 0.2) is 30.3 Å². The van der Waals surface area contributed by atoms with Crippen molar-refractivity contribution < 1.29 is 18.6 Å². The van der Waals surface area contributed by atoms with Crippen LogP contribution in [-0.4, -0.2) is 18.6 Å². The molecule has 0 fully saturated rings. The summed E-state index contributed by atoms with van der Waals surface area (Å²) < 4.78 is 22.6. The van der Waals surface area contributed by atoms with Crippen LogP contribution in [0.25, 0.3) is 0 Å². The number of hydrogen-bond donors (Lipinski definition) is 1. The Morgan fingerprint density at radius 3 is 2.41 bits per heavy atom. The second-order valence-corrected chi connectivity index (χ2v) is 7.78. The maximum atomic E-state index is 12.2. The van der Waals surface area contributed by atoms with E-state index in [1.807, 2.05) is 13.8 Å². The number of rotatable bonds is 9. The van der Waals surface area contributed by atoms with E-state index < -0.39 is 18.9 Å². The number of nitrogens with one attached hydrogen (secondary N) is 1. The second kappa shape index (κ2) is 9.19. The molecule has 0 saturated carbocycles. The van der Waals surface area contributed by atoms with E-state index in [1.54, 1.807) is 37.3 Å². The summed E-state index contributed by atoms with van der Waals surface area (Å²) in [5.41, 5.74) is 0. The fourth-order valence-corrected chi connectivity index (χ4v) is 3.47. The first-order valence-corrected chi connectivity index (χ1v) is 9.89. The van der Waals surface area contributed by atoms with Crippen molar-refractivity contribution in [3.8, 4) is 5.75 Å². The minimum absolute atomic E-state index is 0.333. The number of halogens is 1. The lowest BCUT2D eigenvalue weighted by molar-refractivity contribution is -0.146. The van der Waals surface area contributed by atoms with Crippen LogP contribution in [0, 0.1) is 5.92 Å². The van der Waals surface area contributed by atoms with Gasteiger partial charge in [-0.25, -0.2) is 9.65 Å². The molecule has 1 aromatic carbocycles. The van der Waals surface area contributed by atoms with Gasteiger partial charge >= 0.3 is 12.8 Å². The molecule has 0 aliphatic rings. The molecule has 22 heavy (non-hydrogen) atoms. The largest absolute Gasteiger partial charge is 0.464 e. The van der Waals surface area contributed by atoms with Crippen molar-refractivity contribution in [3.63, 3.8) is 0 Å². The van der Waals surface area contributed by atoms with Gasteiger partial charge in [0, 0.05) is 11.2 Å². The van der Waals surface area contributed by atoms with E-state index >= 15 is 0 Å². The first-order chi connectivity index (χ1) is 10.4. The molecule has 0 spiro atoms. The van der Waals surface area contributed by atoms with Crippen molar-refractivity contribution >= 4 is 24.1 Å². The third kappa shape index (κ3) is 6.82. The number of esters is 1. The van der Waals surface area contributed by atoms with Crippen LogP contribution < -0.4 is 9.61 Å². The quantitative estimate of drug-likeness (QED) is 0.531. The molecule has 7 heteroatoms. The number of carbonyl (C=O) groups excluding carboxylic acids is 1. The van der Waals surface area contributed by atoms with Gasteiger partial charge in [0.1, 0.15) is 11.8 Å². The van der Waals surface area contributed by atoms with E-state index in [4.69, 9.17) is 20.5 Å². The molecule has 0 aliphatic carbocycles. The van der Waals surface area contributed by atoms with E-state index in [9.17, 15) is 9.36 Å². The van der Waals surface area contributed by atoms with Gasteiger partial charge in [-0.05, 0) is 25.0 Å². The Morgan fingerprint density at radius 1 is 1.27 bits per heavy atom. The molecule has 0 aliphatic heterocycles. The lowest BCUT2D eigenvalue weighted by Gasteiger charge is -2.19. The van der Waals surface area contributed by atoms with Crippen molar-refractivity contribution in [2.24, 2.45) is 5.92 Å². The summed E-state index contributed by atoms with van der Waals surface area (Å²) in [6.07, 6.45) is 1.88. The Bertz CT molecular complexity index is 508. The van der Waals surface area contributed by atoms with Gasteiger partial charge in [0.2, 0.25) is 0 Å². The van der Waals surface area contributed by atoms with Crippen molar-refractivity contribution in [1.82, 2.24) is 5.09 Å². The Labute approximate surface area is 136 Å². The summed E-state index contributed by atoms with van der Waals surface area (Å²) in [5, 5.41) is 2.49. The number of benzene rings is 1. The molecule has 0 unspecified atom stereocenters. The fourth-order valence-electron chi connectivity index (χ4n) is 1.78. The maximum Gasteiger partial charge on any atom is 0.409 e. The highest BCUT2D eigenvalue weighted by molar-refractivity contribution is 7.84. The molecule has 0 heterocycles. The summed E-state index contributed by atoms with van der Waals surface area (Å²) in [6, 6.07) is 7.72. The average Bonchev–Trinajstić information content (AvgIpc) is 2.48. The SMILES string of the molecule is CCC(CC)COC(=O)[C@H](C)N[P@](=O)(Cl)Oc1ccccc1. The second-order valence-electron chi connectivity index (χ2n) is 5.05. The van der Waals surface area contributed by atoms with Gasteiger partial charge in [0.05, 0.1) is 6.61 Å². The van der Waals surface area contributed by atoms with Gasteiger partial charge in [-0.15, -0.1) is 0 Å². The van der Waals surface area contributed by atoms with Gasteiger partial charge in [-0.3, -0.25) is 4.79 Å². The first kappa shape index (κ1) is 19.0. The standard InChI is InChI=1S/C15H23ClNO4P/c1-4-13(5-2)11-20-15(18)12(3)17-22(16,19)21-14-9-7-6-8-10-14/h6-10,12-13H,4-5,11H2,1-3H3,(H,17,19)/t12-,22-/m0/s1. The highest BCUT2D eigenvalue weighted by Gasteiger charge is 2.28. The summed E-state index contributed by atoms with van der Waals surface area (Å²) in [4.78, 5) is 11.9. The molecule has 124 valence electrons. The summed E-state index contributed by atoms with van der Waals surface area (Å²) >= 11 is 5.84. The Morgan fingerprint density at radius 2 is 1.86 bits per heavy atom. The Balaban J connectivity index is 2.50. The summed E-state index contributed by atoms with van der Waals surface area (Å²) in [6.45, 7) is 2.32. The van der Waals surface area contributed by atoms with Crippen LogP contribution in [-0.2, 0) is 14.1 Å². The first-order valence-electron chi connectivity index (χ1n) is 7.36. The van der Waals surface area contributed by atoms with Crippen molar-refractivity contribution in [3.05, 3.63) is 30.3 Å². The molecule has 0 amide bonds. The molecular weight excluding hydrogens is 325 g/mol. The number of ether oxygens (including phenoxy) is 1. The highest BCUT2D eigenvalue weighted by atomic mass is 35.7. The molecule has 5 nitrogen and oxygen atoms in total. The van der Waals surface area contributed by atoms with Crippen molar-refractivity contribution in [2.45, 2.75) is 39.7 Å². The van der Waals surface area contributed by atoms with E-state index in [0.29, 0.717) is 18.3 Å². The zero-order chi connectivity index (χ0) is 16.6. The molecule has 0 bridgehead atoms. The topological polar surface area (TPSA) is 64.6 Å². The highest BCUT2D eigenvalue weighted by Crippen LogP contribution is 2.48. The molecule has 1 rings (SSSR count). The monoisotopic (exact) mass is 347 g/mol. The van der Waals surface area contributed by atoms with Crippen LogP contribution in [0.1, 0.15) is 33.6 Å². The lowest BCUT2D eigenvalue weighted by Crippen LogP contribution is -2.34. The van der Waals surface area contributed by atoms with Crippen LogP contribution in [0.3, 0.4) is 0 Å². The zero-order valence-electron chi connectivity index (χ0n) is 13.1. The summed E-state index contributed by atoms with van der Waals surface area (Å²) in [7, 11) is 0. The van der Waals surface area contributed by atoms with Gasteiger partial charge in [-0.2, -0.15) is 0 Å². The molecule has 1 N–H and O–H groups in total. The predicted molar refractivity (Wildman–Crippen MR) is 88.2 cm³/mol. The van der Waals surface area contributed by atoms with Crippen LogP contribution in [0.5, 0.6) is 5.75 Å². The van der Waals surface area contributed by atoms with Crippen LogP contribution in [0.2, 0.25) is 0 Å². The third-order valence-corrected chi connectivity index (χ3v) is 4.92. The Kier molecular flexibility index (Phi) is 7.94. The van der Waals surface area contributed by atoms with Crippen molar-refractivity contribution in [2.75, 3.05) is 6.61 Å². The van der Waals surface area contributed by atoms with Gasteiger partial charge in [-0.1, -0.05) is 44.9 Å². The van der Waals surface area contributed by atoms with Gasteiger partial charge < -0.3 is 9.26 Å². The van der Waals surface area contributed by atoms with E-state index in [1.165, 1.54) is 0 Å². The van der Waals surface area contributed by atoms with Crippen LogP contribution >= 0.6 is 18.1 Å². The smallest absolute Gasteiger partial charge is 0.409 e. The van der Waals surface area contributed by atoms with Gasteiger partial charge in [0.25, 0.3) is 0 Å². The Hall–Kier alpha value is -1.03. The number of carbonyl (C=O) groups is 1. The normalized spacial score (nSPS) is 15.1. The molecule has 1 aromatic rings. The fraction of sp³-hybridized carbons (Fsp3) is 0.533. The lowest BCUT2D eigenvalue weighted by atomic mass is 10.1. The van der Waals surface area contributed by atoms with Gasteiger partial charge in [0.15, 0.2) is 0 Å². The maximum absolute atomic E-state index is 12.2. The minimum Gasteiger partial charge on any atom is -0.464 e. The van der Waals surface area contributed by atoms with Crippen LogP contribution in [0.4, 0.5) is 0 Å². The van der Waals surface area contributed by atoms with E-state index in [-0.39, 0.29) is 0 Å². The average molecular weight is 348 g/mol. The summed E-state index contributed by atoms with van der Waals surface area (Å²) in [5.74, 6) is 0.204. The molecule has 0 radical (unpaired) electrons. The number of para-hydroxylation sites is 1. The molecular formula is C15H23ClNO4P. The van der Waals surface area contributed by atoms with E-state index in [2.05, 4.69) is 5.09 Å². The van der Waals surface area contributed by atoms with Crippen molar-refractivity contribution in [1.29, 1.82) is 0 Å². The molecule has 0 saturated heterocycles.